The molecule has 5 atom stereocenters. The molecule has 3 rings (SSSR count). The number of hydrogen-bond donors (Lipinski definition) is 6. The number of ether oxygens (including phenoxy) is 2. The number of phenolic OH excluding ortho intramolecular Hbond substituents is 2. The maximum absolute atomic E-state index is 11.1. The first-order valence-electron chi connectivity index (χ1n) is 8.65. The van der Waals surface area contributed by atoms with Crippen LogP contribution in [0.5, 0.6) is 17.2 Å². The second-order valence-electron chi connectivity index (χ2n) is 6.50. The second kappa shape index (κ2) is 8.50. The second-order valence-corrected chi connectivity index (χ2v) is 6.50. The molecule has 154 valence electrons. The van der Waals surface area contributed by atoms with E-state index >= 15 is 0 Å². The van der Waals surface area contributed by atoms with Gasteiger partial charge in [0, 0.05) is 0 Å². The minimum atomic E-state index is -1.83. The lowest BCUT2D eigenvalue weighted by molar-refractivity contribution is -0.271. The molecule has 1 fully saturated rings. The highest BCUT2D eigenvalue weighted by Gasteiger charge is 2.48. The van der Waals surface area contributed by atoms with Crippen LogP contribution in [0.25, 0.3) is 12.2 Å². The SMILES string of the molecule is O=C(O)[C@H]1OC(Oc2ccc(/C=C\c3ccc(O)cc3)cc2O)[C@H](O)[C@@H](O)[C@@H]1O. The summed E-state index contributed by atoms with van der Waals surface area (Å²) in [7, 11) is 0. The number of carboxylic acids is 1. The zero-order chi connectivity index (χ0) is 21.1. The number of phenols is 2. The van der Waals surface area contributed by atoms with E-state index in [1.165, 1.54) is 12.1 Å². The Morgan fingerprint density at radius 1 is 0.897 bits per heavy atom. The van der Waals surface area contributed by atoms with Gasteiger partial charge < -0.3 is 40.1 Å². The first-order chi connectivity index (χ1) is 13.8. The molecule has 0 spiro atoms. The summed E-state index contributed by atoms with van der Waals surface area (Å²) in [4.78, 5) is 11.1. The van der Waals surface area contributed by atoms with Crippen molar-refractivity contribution < 1.29 is 44.9 Å². The summed E-state index contributed by atoms with van der Waals surface area (Å²) in [5, 5.41) is 58.0. The van der Waals surface area contributed by atoms with Crippen LogP contribution in [0.1, 0.15) is 11.1 Å². The van der Waals surface area contributed by atoms with Gasteiger partial charge in [-0.25, -0.2) is 4.79 Å². The fraction of sp³-hybridized carbons (Fsp3) is 0.250. The molecule has 0 bridgehead atoms. The van der Waals surface area contributed by atoms with Gasteiger partial charge in [-0.1, -0.05) is 30.4 Å². The molecule has 29 heavy (non-hydrogen) atoms. The lowest BCUT2D eigenvalue weighted by Crippen LogP contribution is -2.61. The lowest BCUT2D eigenvalue weighted by atomic mass is 9.99. The van der Waals surface area contributed by atoms with Gasteiger partial charge in [-0.05, 0) is 35.4 Å². The number of carboxylic acid groups (broad SMARTS) is 1. The van der Waals surface area contributed by atoms with E-state index in [2.05, 4.69) is 0 Å². The van der Waals surface area contributed by atoms with E-state index in [-0.39, 0.29) is 17.2 Å². The molecule has 9 heteroatoms. The average molecular weight is 404 g/mol. The van der Waals surface area contributed by atoms with Crippen molar-refractivity contribution in [3.05, 3.63) is 53.6 Å². The van der Waals surface area contributed by atoms with Crippen LogP contribution < -0.4 is 4.74 Å². The molecule has 2 aromatic rings. The highest BCUT2D eigenvalue weighted by Crippen LogP contribution is 2.31. The third kappa shape index (κ3) is 4.66. The molecule has 2 aromatic carbocycles. The molecule has 0 amide bonds. The minimum Gasteiger partial charge on any atom is -0.508 e. The molecule has 9 nitrogen and oxygen atoms in total. The van der Waals surface area contributed by atoms with E-state index in [1.54, 1.807) is 42.5 Å². The van der Waals surface area contributed by atoms with Crippen LogP contribution in [0.4, 0.5) is 0 Å². The quantitative estimate of drug-likeness (QED) is 0.391. The molecule has 0 aliphatic carbocycles. The molecular weight excluding hydrogens is 384 g/mol. The summed E-state index contributed by atoms with van der Waals surface area (Å²) in [5.41, 5.74) is 1.44. The van der Waals surface area contributed by atoms with Crippen molar-refractivity contribution in [1.82, 2.24) is 0 Å². The standard InChI is InChI=1S/C20H20O9/c21-12-6-3-10(4-7-12)1-2-11-5-8-14(13(22)9-11)28-20-17(25)15(23)16(24)18(29-20)19(26)27/h1-9,15-18,20-25H,(H,26,27)/b2-1-/t15-,16-,17+,18-,20?/m0/s1. The third-order valence-corrected chi connectivity index (χ3v) is 4.40. The summed E-state index contributed by atoms with van der Waals surface area (Å²) in [5.74, 6) is -1.79. The van der Waals surface area contributed by atoms with Crippen LogP contribution in [0.3, 0.4) is 0 Å². The van der Waals surface area contributed by atoms with E-state index in [9.17, 15) is 30.3 Å². The maximum atomic E-state index is 11.1. The van der Waals surface area contributed by atoms with Crippen LogP contribution >= 0.6 is 0 Å². The van der Waals surface area contributed by atoms with E-state index in [0.29, 0.717) is 5.56 Å². The van der Waals surface area contributed by atoms with Gasteiger partial charge in [-0.15, -0.1) is 0 Å². The number of hydrogen-bond acceptors (Lipinski definition) is 8. The van der Waals surface area contributed by atoms with Gasteiger partial charge in [0.05, 0.1) is 0 Å². The average Bonchev–Trinajstić information content (AvgIpc) is 2.69. The Balaban J connectivity index is 1.73. The van der Waals surface area contributed by atoms with E-state index in [0.717, 1.165) is 5.56 Å². The van der Waals surface area contributed by atoms with Crippen LogP contribution in [0, 0.1) is 0 Å². The zero-order valence-electron chi connectivity index (χ0n) is 15.0. The Morgan fingerprint density at radius 2 is 1.52 bits per heavy atom. The molecule has 1 saturated heterocycles. The van der Waals surface area contributed by atoms with E-state index in [1.807, 2.05) is 0 Å². The van der Waals surface area contributed by atoms with Crippen LogP contribution in [-0.2, 0) is 9.53 Å². The van der Waals surface area contributed by atoms with Crippen molar-refractivity contribution in [3.63, 3.8) is 0 Å². The molecule has 0 aromatic heterocycles. The Morgan fingerprint density at radius 3 is 2.14 bits per heavy atom. The molecule has 1 aliphatic heterocycles. The number of aliphatic hydroxyl groups is 3. The van der Waals surface area contributed by atoms with Crippen molar-refractivity contribution >= 4 is 18.1 Å². The topological polar surface area (TPSA) is 157 Å². The Labute approximate surface area is 165 Å². The fourth-order valence-corrected chi connectivity index (χ4v) is 2.79. The Bertz CT molecular complexity index is 893. The molecule has 1 unspecified atom stereocenters. The van der Waals surface area contributed by atoms with Gasteiger partial charge in [0.15, 0.2) is 17.6 Å². The highest BCUT2D eigenvalue weighted by molar-refractivity contribution is 5.73. The predicted octanol–water partition coefficient (Wildman–Crippen LogP) is 0.539. The van der Waals surface area contributed by atoms with Gasteiger partial charge in [0.25, 0.3) is 0 Å². The largest absolute Gasteiger partial charge is 0.508 e. The van der Waals surface area contributed by atoms with Crippen LogP contribution in [-0.4, -0.2) is 67.3 Å². The number of carbonyl (C=O) groups is 1. The van der Waals surface area contributed by atoms with Crippen molar-refractivity contribution in [3.8, 4) is 17.2 Å². The number of aliphatic carboxylic acids is 1. The smallest absolute Gasteiger partial charge is 0.335 e. The van der Waals surface area contributed by atoms with Gasteiger partial charge in [-0.3, -0.25) is 0 Å². The lowest BCUT2D eigenvalue weighted by Gasteiger charge is -2.38. The van der Waals surface area contributed by atoms with Gasteiger partial charge in [0.1, 0.15) is 24.1 Å². The number of aliphatic hydroxyl groups excluding tert-OH is 3. The number of aromatic hydroxyl groups is 2. The summed E-state index contributed by atoms with van der Waals surface area (Å²) in [6.45, 7) is 0. The van der Waals surface area contributed by atoms with Crippen LogP contribution in [0.15, 0.2) is 42.5 Å². The highest BCUT2D eigenvalue weighted by atomic mass is 16.7. The molecule has 0 radical (unpaired) electrons. The Kier molecular flexibility index (Phi) is 6.04. The van der Waals surface area contributed by atoms with Gasteiger partial charge in [-0.2, -0.15) is 0 Å². The summed E-state index contributed by atoms with van der Waals surface area (Å²) >= 11 is 0. The summed E-state index contributed by atoms with van der Waals surface area (Å²) in [6.07, 6.45) is -5.30. The molecule has 6 N–H and O–H groups in total. The van der Waals surface area contributed by atoms with Crippen molar-refractivity contribution in [2.75, 3.05) is 0 Å². The summed E-state index contributed by atoms with van der Waals surface area (Å²) < 4.78 is 10.3. The number of benzene rings is 2. The van der Waals surface area contributed by atoms with Crippen molar-refractivity contribution in [2.24, 2.45) is 0 Å². The predicted molar refractivity (Wildman–Crippen MR) is 100 cm³/mol. The van der Waals surface area contributed by atoms with E-state index in [4.69, 9.17) is 14.6 Å². The third-order valence-electron chi connectivity index (χ3n) is 4.40. The summed E-state index contributed by atoms with van der Waals surface area (Å²) in [6, 6.07) is 10.9. The van der Waals surface area contributed by atoms with Crippen molar-refractivity contribution in [2.45, 2.75) is 30.7 Å². The molecule has 1 aliphatic rings. The van der Waals surface area contributed by atoms with Crippen molar-refractivity contribution in [1.29, 1.82) is 0 Å². The normalized spacial score (nSPS) is 27.1. The first kappa shape index (κ1) is 20.6. The zero-order valence-corrected chi connectivity index (χ0v) is 15.0. The maximum Gasteiger partial charge on any atom is 0.335 e. The van der Waals surface area contributed by atoms with Crippen LogP contribution in [0.2, 0.25) is 0 Å². The minimum absolute atomic E-state index is 0.108. The van der Waals surface area contributed by atoms with Gasteiger partial charge in [0.2, 0.25) is 6.29 Å². The first-order valence-corrected chi connectivity index (χ1v) is 8.65. The Hall–Kier alpha value is -3.11. The molecule has 1 heterocycles. The molecular formula is C20H20O9. The number of rotatable bonds is 5. The molecule has 0 saturated carbocycles. The van der Waals surface area contributed by atoms with E-state index < -0.39 is 36.7 Å². The monoisotopic (exact) mass is 404 g/mol. The van der Waals surface area contributed by atoms with Gasteiger partial charge >= 0.3 is 5.97 Å². The fourth-order valence-electron chi connectivity index (χ4n) is 2.79.